The van der Waals surface area contributed by atoms with E-state index in [9.17, 15) is 9.59 Å². The lowest BCUT2D eigenvalue weighted by molar-refractivity contribution is 0.103. The van der Waals surface area contributed by atoms with Crippen molar-refractivity contribution in [3.8, 4) is 0 Å². The molecule has 0 unspecified atom stereocenters. The molecule has 0 bridgehead atoms. The summed E-state index contributed by atoms with van der Waals surface area (Å²) >= 11 is 6.13. The molecule has 0 aliphatic carbocycles. The number of ketones is 1. The number of likely N-dealkylation sites (tertiary alicyclic amines) is 1. The van der Waals surface area contributed by atoms with Crippen LogP contribution >= 0.6 is 11.6 Å². The maximum atomic E-state index is 12.7. The van der Waals surface area contributed by atoms with E-state index in [1.807, 2.05) is 0 Å². The van der Waals surface area contributed by atoms with Gasteiger partial charge in [0.25, 0.3) is 0 Å². The molecule has 5 nitrogen and oxygen atoms in total. The minimum atomic E-state index is -0.397. The Kier molecular flexibility index (Phi) is 4.89. The first kappa shape index (κ1) is 18.0. The number of piperidine rings is 1. The largest absolute Gasteiger partial charge is 0.421 e. The third kappa shape index (κ3) is 3.57. The maximum Gasteiger partial charge on any atom is 0.421 e. The SMILES string of the molecule is CC1CCN(Cn2c(=O)oc3cc(C(=O)c4ccccc4Cl)ccc32)CC1. The van der Waals surface area contributed by atoms with Gasteiger partial charge in [-0.15, -0.1) is 0 Å². The van der Waals surface area contributed by atoms with Crippen molar-refractivity contribution in [2.45, 2.75) is 26.4 Å². The number of nitrogens with zero attached hydrogens (tertiary/aromatic N) is 2. The Hall–Kier alpha value is -2.37. The summed E-state index contributed by atoms with van der Waals surface area (Å²) in [5, 5.41) is 0.404. The molecule has 2 aromatic carbocycles. The zero-order chi connectivity index (χ0) is 19.0. The zero-order valence-electron chi connectivity index (χ0n) is 15.2. The number of hydrogen-bond donors (Lipinski definition) is 0. The van der Waals surface area contributed by atoms with Crippen molar-refractivity contribution in [3.63, 3.8) is 0 Å². The second kappa shape index (κ2) is 7.33. The minimum absolute atomic E-state index is 0.192. The number of carbonyl (C=O) groups excluding carboxylic acids is 1. The molecule has 4 rings (SSSR count). The molecule has 27 heavy (non-hydrogen) atoms. The molecule has 0 spiro atoms. The van der Waals surface area contributed by atoms with E-state index in [0.29, 0.717) is 33.9 Å². The van der Waals surface area contributed by atoms with Crippen LogP contribution in [0.2, 0.25) is 5.02 Å². The fraction of sp³-hybridized carbons (Fsp3) is 0.333. The van der Waals surface area contributed by atoms with Gasteiger partial charge in [0.1, 0.15) is 0 Å². The lowest BCUT2D eigenvalue weighted by Crippen LogP contribution is -2.36. The molecule has 1 saturated heterocycles. The van der Waals surface area contributed by atoms with Crippen molar-refractivity contribution in [2.75, 3.05) is 13.1 Å². The summed E-state index contributed by atoms with van der Waals surface area (Å²) < 4.78 is 7.05. The summed E-state index contributed by atoms with van der Waals surface area (Å²) in [5.74, 6) is 0.145. The van der Waals surface area contributed by atoms with Gasteiger partial charge in [0.05, 0.1) is 17.2 Å². The van der Waals surface area contributed by atoms with Gasteiger partial charge in [-0.3, -0.25) is 14.3 Å². The van der Waals surface area contributed by atoms with Crippen molar-refractivity contribution in [2.24, 2.45) is 5.92 Å². The quantitative estimate of drug-likeness (QED) is 0.633. The summed E-state index contributed by atoms with van der Waals surface area (Å²) in [7, 11) is 0. The molecule has 1 fully saturated rings. The number of hydrogen-bond acceptors (Lipinski definition) is 4. The van der Waals surface area contributed by atoms with Gasteiger partial charge in [0, 0.05) is 24.2 Å². The van der Waals surface area contributed by atoms with Crippen LogP contribution in [0.25, 0.3) is 11.1 Å². The van der Waals surface area contributed by atoms with Crippen molar-refractivity contribution in [1.29, 1.82) is 0 Å². The van der Waals surface area contributed by atoms with Crippen LogP contribution in [-0.2, 0) is 6.67 Å². The molecule has 1 aromatic heterocycles. The van der Waals surface area contributed by atoms with Crippen LogP contribution in [-0.4, -0.2) is 28.3 Å². The lowest BCUT2D eigenvalue weighted by Gasteiger charge is -2.29. The molecule has 1 aliphatic rings. The van der Waals surface area contributed by atoms with Crippen molar-refractivity contribution in [3.05, 3.63) is 69.2 Å². The average molecular weight is 385 g/mol. The monoisotopic (exact) mass is 384 g/mol. The maximum absolute atomic E-state index is 12.7. The fourth-order valence-corrected chi connectivity index (χ4v) is 3.77. The minimum Gasteiger partial charge on any atom is -0.408 e. The highest BCUT2D eigenvalue weighted by Crippen LogP contribution is 2.23. The first-order chi connectivity index (χ1) is 13.0. The van der Waals surface area contributed by atoms with Gasteiger partial charge in [-0.05, 0) is 49.1 Å². The topological polar surface area (TPSA) is 55.5 Å². The van der Waals surface area contributed by atoms with Gasteiger partial charge in [-0.25, -0.2) is 4.79 Å². The molecule has 0 amide bonds. The molecule has 0 N–H and O–H groups in total. The van der Waals surface area contributed by atoms with E-state index in [1.54, 1.807) is 47.0 Å². The highest BCUT2D eigenvalue weighted by molar-refractivity contribution is 6.35. The Labute approximate surface area is 162 Å². The van der Waals surface area contributed by atoms with Gasteiger partial charge >= 0.3 is 5.76 Å². The van der Waals surface area contributed by atoms with Crippen LogP contribution < -0.4 is 5.76 Å². The molecule has 6 heteroatoms. The molecule has 0 radical (unpaired) electrons. The van der Waals surface area contributed by atoms with E-state index in [-0.39, 0.29) is 5.78 Å². The number of benzene rings is 2. The Morgan fingerprint density at radius 1 is 1.19 bits per heavy atom. The van der Waals surface area contributed by atoms with Crippen molar-refractivity contribution >= 4 is 28.5 Å². The molecule has 140 valence electrons. The molecule has 0 atom stereocenters. The third-order valence-electron chi connectivity index (χ3n) is 5.27. The van der Waals surface area contributed by atoms with Crippen LogP contribution in [0.1, 0.15) is 35.7 Å². The van der Waals surface area contributed by atoms with E-state index < -0.39 is 5.76 Å². The Morgan fingerprint density at radius 2 is 1.93 bits per heavy atom. The molecule has 3 aromatic rings. The fourth-order valence-electron chi connectivity index (χ4n) is 3.55. The van der Waals surface area contributed by atoms with E-state index >= 15 is 0 Å². The molecular formula is C21H21ClN2O3. The van der Waals surface area contributed by atoms with Crippen molar-refractivity contribution < 1.29 is 9.21 Å². The van der Waals surface area contributed by atoms with Crippen molar-refractivity contribution in [1.82, 2.24) is 9.47 Å². The number of rotatable bonds is 4. The molecule has 2 heterocycles. The van der Waals surface area contributed by atoms with Gasteiger partial charge in [0.2, 0.25) is 0 Å². The number of oxazole rings is 1. The van der Waals surface area contributed by atoms with Crippen LogP contribution in [0.5, 0.6) is 0 Å². The van der Waals surface area contributed by atoms with E-state index in [4.69, 9.17) is 16.0 Å². The first-order valence-corrected chi connectivity index (χ1v) is 9.55. The number of fused-ring (bicyclic) bond motifs is 1. The highest BCUT2D eigenvalue weighted by atomic mass is 35.5. The molecule has 1 aliphatic heterocycles. The Morgan fingerprint density at radius 3 is 2.67 bits per heavy atom. The predicted molar refractivity (Wildman–Crippen MR) is 105 cm³/mol. The number of carbonyl (C=O) groups is 1. The first-order valence-electron chi connectivity index (χ1n) is 9.18. The van der Waals surface area contributed by atoms with Crippen LogP contribution in [0, 0.1) is 5.92 Å². The van der Waals surface area contributed by atoms with Crippen LogP contribution in [0.15, 0.2) is 51.7 Å². The summed E-state index contributed by atoms with van der Waals surface area (Å²) in [5.41, 5.74) is 2.00. The predicted octanol–water partition coefficient (Wildman–Crippen LogP) is 4.17. The second-order valence-corrected chi connectivity index (χ2v) is 7.64. The standard InChI is InChI=1S/C21H21ClN2O3/c1-14-8-10-23(11-9-14)13-24-18-7-6-15(12-19(18)27-21(24)26)20(25)16-4-2-3-5-17(16)22/h2-7,12,14H,8-11,13H2,1H3. The summed E-state index contributed by atoms with van der Waals surface area (Å²) in [6.07, 6.45) is 2.28. The molecule has 0 saturated carbocycles. The molecular weight excluding hydrogens is 364 g/mol. The summed E-state index contributed by atoms with van der Waals surface area (Å²) in [4.78, 5) is 27.3. The van der Waals surface area contributed by atoms with Crippen LogP contribution in [0.4, 0.5) is 0 Å². The second-order valence-electron chi connectivity index (χ2n) is 7.23. The smallest absolute Gasteiger partial charge is 0.408 e. The number of halogens is 1. The number of aromatic nitrogens is 1. The normalized spacial score (nSPS) is 16.1. The summed E-state index contributed by atoms with van der Waals surface area (Å²) in [6, 6.07) is 12.0. The van der Waals surface area contributed by atoms with Gasteiger partial charge in [-0.1, -0.05) is 30.7 Å². The van der Waals surface area contributed by atoms with Gasteiger partial charge < -0.3 is 4.42 Å². The highest BCUT2D eigenvalue weighted by Gasteiger charge is 2.20. The summed E-state index contributed by atoms with van der Waals surface area (Å²) in [6.45, 7) is 4.72. The Bertz CT molecular complexity index is 1050. The lowest BCUT2D eigenvalue weighted by atomic mass is 10.00. The average Bonchev–Trinajstić information content (AvgIpc) is 2.98. The van der Waals surface area contributed by atoms with Gasteiger partial charge in [-0.2, -0.15) is 0 Å². The van der Waals surface area contributed by atoms with E-state index in [2.05, 4.69) is 11.8 Å². The third-order valence-corrected chi connectivity index (χ3v) is 5.60. The zero-order valence-corrected chi connectivity index (χ0v) is 15.9. The van der Waals surface area contributed by atoms with E-state index in [0.717, 1.165) is 31.8 Å². The van der Waals surface area contributed by atoms with Gasteiger partial charge in [0.15, 0.2) is 11.4 Å². The Balaban J connectivity index is 1.64. The van der Waals surface area contributed by atoms with Crippen LogP contribution in [0.3, 0.4) is 0 Å². The van der Waals surface area contributed by atoms with E-state index in [1.165, 1.54) is 0 Å².